The van der Waals surface area contributed by atoms with Gasteiger partial charge in [0.15, 0.2) is 0 Å². The molecule has 0 aliphatic carbocycles. The van der Waals surface area contributed by atoms with Gasteiger partial charge in [-0.25, -0.2) is 4.39 Å². The van der Waals surface area contributed by atoms with Crippen LogP contribution in [0.1, 0.15) is 18.4 Å². The average molecular weight is 213 g/mol. The molecule has 1 aromatic carbocycles. The molecule has 1 aromatic rings. The Labute approximate surface area is 84.3 Å². The molecule has 1 atom stereocenters. The molecule has 0 fully saturated rings. The molecule has 0 saturated heterocycles. The number of nitro benzene ring substituents is 1. The highest BCUT2D eigenvalue weighted by molar-refractivity contribution is 5.75. The number of carboxylic acid groups (broad SMARTS) is 1. The molecule has 0 aliphatic heterocycles. The van der Waals surface area contributed by atoms with Crippen molar-refractivity contribution in [3.63, 3.8) is 0 Å². The maximum Gasteiger partial charge on any atom is 0.310 e. The van der Waals surface area contributed by atoms with Gasteiger partial charge in [0, 0.05) is 11.6 Å². The predicted molar refractivity (Wildman–Crippen MR) is 49.1 cm³/mol. The van der Waals surface area contributed by atoms with Gasteiger partial charge in [-0.15, -0.1) is 0 Å². The Hall–Kier alpha value is -1.98. The quantitative estimate of drug-likeness (QED) is 0.614. The summed E-state index contributed by atoms with van der Waals surface area (Å²) >= 11 is 0. The molecule has 0 bridgehead atoms. The molecule has 0 aliphatic rings. The van der Waals surface area contributed by atoms with Gasteiger partial charge in [0.1, 0.15) is 5.82 Å². The van der Waals surface area contributed by atoms with Crippen molar-refractivity contribution in [3.8, 4) is 0 Å². The largest absolute Gasteiger partial charge is 0.481 e. The smallest absolute Gasteiger partial charge is 0.310 e. The van der Waals surface area contributed by atoms with E-state index in [4.69, 9.17) is 5.11 Å². The topological polar surface area (TPSA) is 80.4 Å². The summed E-state index contributed by atoms with van der Waals surface area (Å²) in [4.78, 5) is 20.1. The van der Waals surface area contributed by atoms with Gasteiger partial charge in [0.05, 0.1) is 16.9 Å². The van der Waals surface area contributed by atoms with E-state index in [-0.39, 0.29) is 5.56 Å². The Morgan fingerprint density at radius 3 is 2.60 bits per heavy atom. The summed E-state index contributed by atoms with van der Waals surface area (Å²) in [5.41, 5.74) is -0.457. The van der Waals surface area contributed by atoms with Crippen LogP contribution in [0.2, 0.25) is 0 Å². The maximum absolute atomic E-state index is 13.3. The Morgan fingerprint density at radius 1 is 1.60 bits per heavy atom. The van der Waals surface area contributed by atoms with E-state index in [1.807, 2.05) is 0 Å². The molecule has 15 heavy (non-hydrogen) atoms. The Balaban J connectivity index is 3.13. The molecule has 1 N–H and O–H groups in total. The number of non-ortho nitro benzene ring substituents is 1. The van der Waals surface area contributed by atoms with Gasteiger partial charge in [-0.1, -0.05) is 0 Å². The molecule has 80 valence electrons. The van der Waals surface area contributed by atoms with Gasteiger partial charge in [-0.2, -0.15) is 0 Å². The van der Waals surface area contributed by atoms with Crippen molar-refractivity contribution in [2.24, 2.45) is 0 Å². The second-order valence-electron chi connectivity index (χ2n) is 3.02. The van der Waals surface area contributed by atoms with Crippen LogP contribution >= 0.6 is 0 Å². The second-order valence-corrected chi connectivity index (χ2v) is 3.02. The van der Waals surface area contributed by atoms with Gasteiger partial charge in [-0.05, 0) is 13.0 Å². The van der Waals surface area contributed by atoms with Crippen molar-refractivity contribution < 1.29 is 19.2 Å². The molecular formula is C9H8FNO4. The summed E-state index contributed by atoms with van der Waals surface area (Å²) in [5.74, 6) is -3.08. The number of carboxylic acids is 1. The van der Waals surface area contributed by atoms with E-state index in [9.17, 15) is 19.3 Å². The van der Waals surface area contributed by atoms with E-state index in [1.165, 1.54) is 6.92 Å². The zero-order chi connectivity index (χ0) is 11.6. The third-order valence-electron chi connectivity index (χ3n) is 2.03. The van der Waals surface area contributed by atoms with Crippen LogP contribution in [0.25, 0.3) is 0 Å². The molecule has 0 aromatic heterocycles. The van der Waals surface area contributed by atoms with Gasteiger partial charge < -0.3 is 5.11 Å². The van der Waals surface area contributed by atoms with Crippen molar-refractivity contribution in [2.45, 2.75) is 12.8 Å². The summed E-state index contributed by atoms with van der Waals surface area (Å²) in [5, 5.41) is 18.9. The van der Waals surface area contributed by atoms with E-state index in [0.717, 1.165) is 18.2 Å². The third-order valence-corrected chi connectivity index (χ3v) is 2.03. The number of hydrogen-bond acceptors (Lipinski definition) is 3. The zero-order valence-electron chi connectivity index (χ0n) is 7.81. The molecule has 6 heteroatoms. The van der Waals surface area contributed by atoms with Crippen molar-refractivity contribution >= 4 is 11.7 Å². The summed E-state index contributed by atoms with van der Waals surface area (Å²) in [6.45, 7) is 1.31. The van der Waals surface area contributed by atoms with E-state index in [1.54, 1.807) is 0 Å². The number of rotatable bonds is 3. The normalized spacial score (nSPS) is 12.1. The van der Waals surface area contributed by atoms with Crippen LogP contribution in [0.3, 0.4) is 0 Å². The lowest BCUT2D eigenvalue weighted by Crippen LogP contribution is -2.09. The summed E-state index contributed by atoms with van der Waals surface area (Å²) in [7, 11) is 0. The number of hydrogen-bond donors (Lipinski definition) is 1. The molecular weight excluding hydrogens is 205 g/mol. The number of carbonyl (C=O) groups is 1. The van der Waals surface area contributed by atoms with Crippen LogP contribution < -0.4 is 0 Å². The number of nitro groups is 1. The van der Waals surface area contributed by atoms with Crippen LogP contribution in [0.4, 0.5) is 10.1 Å². The Bertz CT molecular complexity index is 419. The minimum absolute atomic E-state index is 0.0619. The summed E-state index contributed by atoms with van der Waals surface area (Å²) in [6, 6.07) is 2.92. The van der Waals surface area contributed by atoms with Crippen LogP contribution in [0, 0.1) is 15.9 Å². The number of aliphatic carboxylic acids is 1. The number of halogens is 1. The van der Waals surface area contributed by atoms with Crippen LogP contribution in [0.15, 0.2) is 18.2 Å². The molecule has 1 rings (SSSR count). The van der Waals surface area contributed by atoms with E-state index in [2.05, 4.69) is 0 Å². The summed E-state index contributed by atoms with van der Waals surface area (Å²) < 4.78 is 13.3. The van der Waals surface area contributed by atoms with Crippen molar-refractivity contribution in [3.05, 3.63) is 39.7 Å². The lowest BCUT2D eigenvalue weighted by Gasteiger charge is -2.06. The van der Waals surface area contributed by atoms with Crippen LogP contribution in [-0.2, 0) is 4.79 Å². The van der Waals surface area contributed by atoms with Gasteiger partial charge in [-0.3, -0.25) is 14.9 Å². The summed E-state index contributed by atoms with van der Waals surface area (Å²) in [6.07, 6.45) is 0. The number of benzene rings is 1. The first-order valence-electron chi connectivity index (χ1n) is 4.10. The molecule has 5 nitrogen and oxygen atoms in total. The Morgan fingerprint density at radius 2 is 2.20 bits per heavy atom. The molecule has 0 spiro atoms. The fourth-order valence-corrected chi connectivity index (χ4v) is 1.11. The maximum atomic E-state index is 13.3. The first-order chi connectivity index (χ1) is 6.93. The Kier molecular flexibility index (Phi) is 2.99. The molecule has 0 amide bonds. The van der Waals surface area contributed by atoms with Crippen LogP contribution in [0.5, 0.6) is 0 Å². The lowest BCUT2D eigenvalue weighted by atomic mass is 10.0. The number of nitrogens with zero attached hydrogens (tertiary/aromatic N) is 1. The highest BCUT2D eigenvalue weighted by Gasteiger charge is 2.19. The van der Waals surface area contributed by atoms with Gasteiger partial charge >= 0.3 is 5.97 Å². The second kappa shape index (κ2) is 4.04. The molecule has 1 unspecified atom stereocenters. The van der Waals surface area contributed by atoms with E-state index < -0.39 is 28.3 Å². The van der Waals surface area contributed by atoms with Crippen molar-refractivity contribution in [1.29, 1.82) is 0 Å². The zero-order valence-corrected chi connectivity index (χ0v) is 7.81. The first kappa shape index (κ1) is 11.1. The van der Waals surface area contributed by atoms with Crippen LogP contribution in [-0.4, -0.2) is 16.0 Å². The van der Waals surface area contributed by atoms with Gasteiger partial charge in [0.25, 0.3) is 5.69 Å². The van der Waals surface area contributed by atoms with Crippen molar-refractivity contribution in [2.75, 3.05) is 0 Å². The van der Waals surface area contributed by atoms with Gasteiger partial charge in [0.2, 0.25) is 0 Å². The standard InChI is InChI=1S/C9H8FNO4/c1-5(9(12)13)7-3-2-6(11(14)15)4-8(7)10/h2-5H,1H3,(H,12,13). The minimum atomic E-state index is -1.18. The SMILES string of the molecule is CC(C(=O)O)c1ccc([N+](=O)[O-])cc1F. The highest BCUT2D eigenvalue weighted by Crippen LogP contribution is 2.23. The van der Waals surface area contributed by atoms with Crippen molar-refractivity contribution in [1.82, 2.24) is 0 Å². The fourth-order valence-electron chi connectivity index (χ4n) is 1.11. The minimum Gasteiger partial charge on any atom is -0.481 e. The molecule has 0 saturated carbocycles. The molecule has 0 radical (unpaired) electrons. The predicted octanol–water partition coefficient (Wildman–Crippen LogP) is 1.92. The highest BCUT2D eigenvalue weighted by atomic mass is 19.1. The van der Waals surface area contributed by atoms with E-state index in [0.29, 0.717) is 0 Å². The first-order valence-corrected chi connectivity index (χ1v) is 4.10. The molecule has 0 heterocycles. The fraction of sp³-hybridized carbons (Fsp3) is 0.222. The lowest BCUT2D eigenvalue weighted by molar-refractivity contribution is -0.385. The average Bonchev–Trinajstić information content (AvgIpc) is 2.16. The third kappa shape index (κ3) is 2.28. The monoisotopic (exact) mass is 213 g/mol. The van der Waals surface area contributed by atoms with E-state index >= 15 is 0 Å².